The first-order valence-electron chi connectivity index (χ1n) is 12.1. The average Bonchev–Trinajstić information content (AvgIpc) is 3.25. The molecule has 4 aliphatic rings. The zero-order valence-electron chi connectivity index (χ0n) is 19.4. The van der Waals surface area contributed by atoms with Crippen LogP contribution in [0.2, 0.25) is 0 Å². The molecule has 0 radical (unpaired) electrons. The van der Waals surface area contributed by atoms with Crippen molar-refractivity contribution in [2.45, 2.75) is 69.2 Å². The number of hydrogen-bond donors (Lipinski definition) is 1. The van der Waals surface area contributed by atoms with Gasteiger partial charge < -0.3 is 13.5 Å². The second-order valence-corrected chi connectivity index (χ2v) is 10.8. The summed E-state index contributed by atoms with van der Waals surface area (Å²) in [7, 11) is 0. The molecule has 1 aromatic carbocycles. The van der Waals surface area contributed by atoms with E-state index in [-0.39, 0.29) is 43.3 Å². The van der Waals surface area contributed by atoms with E-state index in [0.717, 1.165) is 36.8 Å². The Balaban J connectivity index is 1.60. The van der Waals surface area contributed by atoms with Crippen LogP contribution in [-0.4, -0.2) is 48.3 Å². The van der Waals surface area contributed by atoms with Gasteiger partial charge in [0.2, 0.25) is 0 Å². The first-order chi connectivity index (χ1) is 16.3. The molecule has 1 saturated carbocycles. The van der Waals surface area contributed by atoms with Gasteiger partial charge in [0.05, 0.1) is 24.3 Å². The molecule has 2 spiro atoms. The summed E-state index contributed by atoms with van der Waals surface area (Å²) in [6.45, 7) is 2.68. The minimum atomic E-state index is -1.55. The number of nitrogens with zero attached hydrogens (tertiary/aromatic N) is 3. The molecule has 0 aromatic heterocycles. The summed E-state index contributed by atoms with van der Waals surface area (Å²) in [5.74, 6) is 0.0861. The Morgan fingerprint density at radius 2 is 2.15 bits per heavy atom. The molecule has 7 nitrogen and oxygen atoms in total. The minimum absolute atomic E-state index is 0.0726. The van der Waals surface area contributed by atoms with Crippen molar-refractivity contribution >= 4 is 34.9 Å². The molecule has 2 heterocycles. The number of amides is 1. The Kier molecular flexibility index (Phi) is 6.14. The molecule has 182 valence electrons. The number of rotatable bonds is 4. The van der Waals surface area contributed by atoms with Crippen LogP contribution in [0.25, 0.3) is 0 Å². The van der Waals surface area contributed by atoms with E-state index in [9.17, 15) is 10.1 Å². The summed E-state index contributed by atoms with van der Waals surface area (Å²) in [6, 6.07) is 7.74. The number of ether oxygens (including phenoxy) is 1. The second kappa shape index (κ2) is 8.71. The number of guanidine groups is 1. The molecule has 2 aliphatic heterocycles. The molecule has 5 rings (SSSR count). The van der Waals surface area contributed by atoms with Gasteiger partial charge >= 0.3 is 0 Å². The average molecular weight is 580 g/mol. The lowest BCUT2D eigenvalue weighted by molar-refractivity contribution is -0.141. The van der Waals surface area contributed by atoms with Crippen molar-refractivity contribution in [2.24, 2.45) is 22.1 Å². The maximum absolute atomic E-state index is 15.7. The van der Waals surface area contributed by atoms with Gasteiger partial charge in [0.1, 0.15) is 28.7 Å². The van der Waals surface area contributed by atoms with Gasteiger partial charge in [0.15, 0.2) is 11.5 Å². The molecule has 1 amide bonds. The van der Waals surface area contributed by atoms with E-state index in [2.05, 4.69) is 13.0 Å². The van der Waals surface area contributed by atoms with E-state index < -0.39 is 16.6 Å². The number of aliphatic imine (C=N–C) groups is 1. The molecule has 0 unspecified atom stereocenters. The third-order valence-electron chi connectivity index (χ3n) is 8.59. The highest BCUT2D eigenvalue weighted by Gasteiger charge is 2.68. The number of nitrogens with two attached hydrogens (primary N) is 1. The number of alkyl halides is 1. The summed E-state index contributed by atoms with van der Waals surface area (Å²) in [5.41, 5.74) is 5.40. The van der Waals surface area contributed by atoms with Crippen molar-refractivity contribution in [1.82, 2.24) is 4.90 Å². The number of carbonyl (C=O) groups excluding carboxylic acids is 1. The van der Waals surface area contributed by atoms with Crippen LogP contribution in [0.15, 0.2) is 23.2 Å². The topological polar surface area (TPSA) is 101 Å². The van der Waals surface area contributed by atoms with E-state index in [1.165, 1.54) is 4.90 Å². The van der Waals surface area contributed by atoms with Crippen LogP contribution in [0.1, 0.15) is 62.1 Å². The fourth-order valence-electron chi connectivity index (χ4n) is 6.75. The van der Waals surface area contributed by atoms with E-state index >= 15 is 4.39 Å². The summed E-state index contributed by atoms with van der Waals surface area (Å²) in [6.07, 6.45) is 4.51. The zero-order chi connectivity index (χ0) is 24.1. The van der Waals surface area contributed by atoms with Crippen LogP contribution >= 0.6 is 23.0 Å². The Morgan fingerprint density at radius 3 is 2.82 bits per heavy atom. The zero-order valence-corrected chi connectivity index (χ0v) is 21.5. The second-order valence-electron chi connectivity index (χ2n) is 10.3. The summed E-state index contributed by atoms with van der Waals surface area (Å²) < 4.78 is 26.8. The lowest BCUT2D eigenvalue weighted by atomic mass is 9.58. The van der Waals surface area contributed by atoms with Gasteiger partial charge in [0.25, 0.3) is 5.91 Å². The summed E-state index contributed by atoms with van der Waals surface area (Å²) in [5, 5.41) is 9.58. The molecule has 2 N–H and O–H groups in total. The fraction of sp³-hybridized carbons (Fsp3) is 0.640. The third kappa shape index (κ3) is 3.47. The predicted molar refractivity (Wildman–Crippen MR) is 133 cm³/mol. The highest BCUT2D eigenvalue weighted by molar-refractivity contribution is 14.1. The van der Waals surface area contributed by atoms with Crippen molar-refractivity contribution in [3.8, 4) is 6.07 Å². The van der Waals surface area contributed by atoms with Crippen LogP contribution in [0, 0.1) is 22.7 Å². The van der Waals surface area contributed by atoms with Crippen LogP contribution in [0.3, 0.4) is 0 Å². The molecule has 1 saturated heterocycles. The van der Waals surface area contributed by atoms with E-state index in [1.807, 2.05) is 29.1 Å². The number of carbonyl (C=O) groups is 1. The number of hydrogen-bond acceptors (Lipinski definition) is 6. The minimum Gasteiger partial charge on any atom is -0.381 e. The summed E-state index contributed by atoms with van der Waals surface area (Å²) in [4.78, 5) is 20.6. The lowest BCUT2D eigenvalue weighted by Gasteiger charge is -2.48. The third-order valence-corrected chi connectivity index (χ3v) is 9.25. The standard InChI is InChI=1S/C25H30FIN4O3/c1-2-17-12-23(6-5-20(17)34-27)13-18-4-3-16(14-28)11-19(18)25(23)21(32)31(22(29)30-25)15-24(26)7-9-33-10-8-24/h3-4,11,17,20H,2,5-10,12-13,15H2,1H3,(H2,29,30)/t17-,20-,23-,25-/m1/s1. The van der Waals surface area contributed by atoms with Gasteiger partial charge in [-0.1, -0.05) is 19.4 Å². The number of halogens is 2. The lowest BCUT2D eigenvalue weighted by Crippen LogP contribution is -2.56. The molecule has 1 aromatic rings. The normalized spacial score (nSPS) is 34.4. The van der Waals surface area contributed by atoms with Crippen LogP contribution in [-0.2, 0) is 24.6 Å². The van der Waals surface area contributed by atoms with Crippen molar-refractivity contribution in [1.29, 1.82) is 5.26 Å². The molecule has 2 aliphatic carbocycles. The Morgan fingerprint density at radius 1 is 1.38 bits per heavy atom. The first kappa shape index (κ1) is 23.9. The van der Waals surface area contributed by atoms with Crippen molar-refractivity contribution in [3.05, 3.63) is 34.9 Å². The highest BCUT2D eigenvalue weighted by atomic mass is 127. The van der Waals surface area contributed by atoms with Crippen LogP contribution < -0.4 is 5.73 Å². The molecule has 9 heteroatoms. The van der Waals surface area contributed by atoms with Crippen LogP contribution in [0.5, 0.6) is 0 Å². The van der Waals surface area contributed by atoms with Crippen LogP contribution in [0.4, 0.5) is 4.39 Å². The largest absolute Gasteiger partial charge is 0.381 e. The molecular weight excluding hydrogens is 550 g/mol. The number of fused-ring (bicyclic) bond motifs is 3. The maximum atomic E-state index is 15.7. The van der Waals surface area contributed by atoms with E-state index in [1.54, 1.807) is 12.1 Å². The number of benzene rings is 1. The van der Waals surface area contributed by atoms with Crippen molar-refractivity contribution in [3.63, 3.8) is 0 Å². The van der Waals surface area contributed by atoms with Gasteiger partial charge in [-0.05, 0) is 54.9 Å². The van der Waals surface area contributed by atoms with Gasteiger partial charge in [-0.25, -0.2) is 9.38 Å². The quantitative estimate of drug-likeness (QED) is 0.545. The Bertz CT molecular complexity index is 1070. The predicted octanol–water partition coefficient (Wildman–Crippen LogP) is 3.92. The highest BCUT2D eigenvalue weighted by Crippen LogP contribution is 2.63. The Hall–Kier alpha value is -1.77. The van der Waals surface area contributed by atoms with Gasteiger partial charge in [0, 0.05) is 31.5 Å². The van der Waals surface area contributed by atoms with E-state index in [0.29, 0.717) is 25.2 Å². The SMILES string of the molecule is CC[C@@H]1C[C@]2(CC[C@H]1OI)Cc1ccc(C#N)cc1[C@]21N=C(N)N(CC2(F)CCOCC2)C1=O. The smallest absolute Gasteiger partial charge is 0.262 e. The molecule has 34 heavy (non-hydrogen) atoms. The molecule has 2 fully saturated rings. The fourth-order valence-corrected chi connectivity index (χ4v) is 7.42. The molecule has 0 bridgehead atoms. The summed E-state index contributed by atoms with van der Waals surface area (Å²) >= 11 is 1.98. The Labute approximate surface area is 213 Å². The molecular formula is C25H30FIN4O3. The van der Waals surface area contributed by atoms with E-state index in [4.69, 9.17) is 18.5 Å². The van der Waals surface area contributed by atoms with Gasteiger partial charge in [-0.2, -0.15) is 5.26 Å². The maximum Gasteiger partial charge on any atom is 0.262 e. The van der Waals surface area contributed by atoms with Crippen molar-refractivity contribution in [2.75, 3.05) is 19.8 Å². The first-order valence-corrected chi connectivity index (χ1v) is 12.9. The van der Waals surface area contributed by atoms with Gasteiger partial charge in [-0.3, -0.25) is 9.69 Å². The molecule has 4 atom stereocenters. The number of nitriles is 1. The van der Waals surface area contributed by atoms with Crippen molar-refractivity contribution < 1.29 is 17.0 Å². The van der Waals surface area contributed by atoms with Gasteiger partial charge in [-0.15, -0.1) is 0 Å². The monoisotopic (exact) mass is 580 g/mol.